The molecule has 0 aromatic rings. The number of aliphatic imine (C=N–C) groups is 1. The van der Waals surface area contributed by atoms with Crippen LogP contribution in [-0.2, 0) is 0 Å². The molecule has 0 unspecified atom stereocenters. The lowest BCUT2D eigenvalue weighted by Crippen LogP contribution is -1.75. The van der Waals surface area contributed by atoms with E-state index in [0.29, 0.717) is 0 Å². The summed E-state index contributed by atoms with van der Waals surface area (Å²) in [5.41, 5.74) is 0.921. The number of rotatable bonds is 1. The molecule has 1 N–H and O–H groups in total. The quantitative estimate of drug-likeness (QED) is 0.423. The Bertz CT molecular complexity index is 80.1. The minimum Gasteiger partial charge on any atom is -0.307 e. The number of nitrogens with one attached hydrogen (secondary N) is 1. The van der Waals surface area contributed by atoms with Gasteiger partial charge in [0.15, 0.2) is 0 Å². The average molecular weight is 68.1 g/mol. The van der Waals surface area contributed by atoms with Gasteiger partial charge in [0.05, 0.1) is 12.3 Å². The van der Waals surface area contributed by atoms with E-state index >= 15 is 0 Å². The van der Waals surface area contributed by atoms with Crippen molar-refractivity contribution in [2.45, 2.75) is 0 Å². The van der Waals surface area contributed by atoms with Gasteiger partial charge < -0.3 is 5.41 Å². The lowest BCUT2D eigenvalue weighted by atomic mass is 10.6. The Labute approximate surface area is 30.0 Å². The van der Waals surface area contributed by atoms with E-state index in [2.05, 4.69) is 4.99 Å². The van der Waals surface area contributed by atoms with Crippen LogP contribution in [0.3, 0.4) is 0 Å². The van der Waals surface area contributed by atoms with Crippen LogP contribution in [0, 0.1) is 5.41 Å². The maximum atomic E-state index is 6.46. The molecule has 1 aliphatic heterocycles. The number of hydrogen-bond donors (Lipinski definition) is 1. The van der Waals surface area contributed by atoms with Gasteiger partial charge in [-0.25, -0.2) is 0 Å². The SMILES string of the molecule is N=CC1=NC1. The second-order valence-corrected chi connectivity index (χ2v) is 0.952. The molecular formula is C3H4N2. The first-order valence-corrected chi connectivity index (χ1v) is 1.47. The molecular weight excluding hydrogens is 64.0 g/mol. The average Bonchev–Trinajstić information content (AvgIpc) is 2.12. The Morgan fingerprint density at radius 1 is 2.00 bits per heavy atom. The first-order valence-electron chi connectivity index (χ1n) is 1.47. The summed E-state index contributed by atoms with van der Waals surface area (Å²) >= 11 is 0. The molecule has 5 heavy (non-hydrogen) atoms. The molecule has 0 saturated carbocycles. The Morgan fingerprint density at radius 2 is 2.60 bits per heavy atom. The van der Waals surface area contributed by atoms with E-state index in [1.54, 1.807) is 0 Å². The van der Waals surface area contributed by atoms with E-state index in [1.165, 1.54) is 6.21 Å². The highest BCUT2D eigenvalue weighted by molar-refractivity contribution is 6.36. The van der Waals surface area contributed by atoms with Gasteiger partial charge in [-0.2, -0.15) is 0 Å². The second kappa shape index (κ2) is 0.641. The van der Waals surface area contributed by atoms with Crippen molar-refractivity contribution >= 4 is 11.9 Å². The van der Waals surface area contributed by atoms with Crippen molar-refractivity contribution in [2.24, 2.45) is 4.99 Å². The highest BCUT2D eigenvalue weighted by Crippen LogP contribution is 1.88. The van der Waals surface area contributed by atoms with Crippen LogP contribution in [0.4, 0.5) is 0 Å². The molecule has 0 aromatic carbocycles. The molecule has 0 saturated heterocycles. The summed E-state index contributed by atoms with van der Waals surface area (Å²) in [6.07, 6.45) is 1.28. The van der Waals surface area contributed by atoms with Gasteiger partial charge in [0.25, 0.3) is 0 Å². The molecule has 0 fully saturated rings. The van der Waals surface area contributed by atoms with Crippen LogP contribution in [0.25, 0.3) is 0 Å². The van der Waals surface area contributed by atoms with Crippen molar-refractivity contribution in [3.05, 3.63) is 0 Å². The first-order chi connectivity index (χ1) is 2.43. The second-order valence-electron chi connectivity index (χ2n) is 0.952. The van der Waals surface area contributed by atoms with Gasteiger partial charge >= 0.3 is 0 Å². The molecule has 26 valence electrons. The lowest BCUT2D eigenvalue weighted by molar-refractivity contribution is 1.57. The van der Waals surface area contributed by atoms with E-state index < -0.39 is 0 Å². The Hall–Kier alpha value is -0.660. The molecule has 1 rings (SSSR count). The van der Waals surface area contributed by atoms with Crippen LogP contribution in [0.15, 0.2) is 4.99 Å². The summed E-state index contributed by atoms with van der Waals surface area (Å²) in [7, 11) is 0. The highest BCUT2D eigenvalue weighted by Gasteiger charge is 2.01. The summed E-state index contributed by atoms with van der Waals surface area (Å²) in [6.45, 7) is 0.809. The summed E-state index contributed by atoms with van der Waals surface area (Å²) in [6, 6.07) is 0. The first kappa shape index (κ1) is 2.57. The van der Waals surface area contributed by atoms with E-state index in [1.807, 2.05) is 0 Å². The zero-order valence-corrected chi connectivity index (χ0v) is 2.73. The Kier molecular flexibility index (Phi) is 0.330. The van der Waals surface area contributed by atoms with Crippen molar-refractivity contribution in [1.82, 2.24) is 0 Å². The van der Waals surface area contributed by atoms with E-state index in [9.17, 15) is 0 Å². The zero-order valence-electron chi connectivity index (χ0n) is 2.73. The normalized spacial score (nSPS) is 17.2. The van der Waals surface area contributed by atoms with Crippen LogP contribution < -0.4 is 0 Å². The monoisotopic (exact) mass is 68.0 g/mol. The van der Waals surface area contributed by atoms with Crippen LogP contribution in [0.1, 0.15) is 0 Å². The topological polar surface area (TPSA) is 36.2 Å². The molecule has 2 nitrogen and oxygen atoms in total. The van der Waals surface area contributed by atoms with Crippen LogP contribution in [0.5, 0.6) is 0 Å². The molecule has 0 aromatic heterocycles. The van der Waals surface area contributed by atoms with Gasteiger partial charge in [-0.3, -0.25) is 4.99 Å². The molecule has 0 bridgehead atoms. The minimum absolute atomic E-state index is 0.809. The van der Waals surface area contributed by atoms with Crippen LogP contribution in [0.2, 0.25) is 0 Å². The number of hydrogen-bond acceptors (Lipinski definition) is 2. The van der Waals surface area contributed by atoms with Gasteiger partial charge in [-0.1, -0.05) is 0 Å². The largest absolute Gasteiger partial charge is 0.307 e. The molecule has 0 spiro atoms. The lowest BCUT2D eigenvalue weighted by Gasteiger charge is -1.48. The third-order valence-corrected chi connectivity index (χ3v) is 0.507. The van der Waals surface area contributed by atoms with E-state index in [4.69, 9.17) is 5.41 Å². The van der Waals surface area contributed by atoms with Crippen LogP contribution >= 0.6 is 0 Å². The maximum absolute atomic E-state index is 6.46. The van der Waals surface area contributed by atoms with E-state index in [0.717, 1.165) is 12.3 Å². The fourth-order valence-corrected chi connectivity index (χ4v) is 0.137. The number of nitrogens with zero attached hydrogens (tertiary/aromatic N) is 1. The van der Waals surface area contributed by atoms with Gasteiger partial charge in [0.2, 0.25) is 0 Å². The Morgan fingerprint density at radius 3 is 2.60 bits per heavy atom. The standard InChI is InChI=1S/C3H4N2/c4-1-3-2-5-3/h1,4H,2H2. The Balaban J connectivity index is 2.49. The fourth-order valence-electron chi connectivity index (χ4n) is 0.137. The van der Waals surface area contributed by atoms with Crippen molar-refractivity contribution in [2.75, 3.05) is 6.54 Å². The van der Waals surface area contributed by atoms with Gasteiger partial charge in [-0.05, 0) is 0 Å². The van der Waals surface area contributed by atoms with Crippen molar-refractivity contribution in [1.29, 1.82) is 5.41 Å². The van der Waals surface area contributed by atoms with Crippen LogP contribution in [-0.4, -0.2) is 18.5 Å². The molecule has 0 aliphatic carbocycles. The smallest absolute Gasteiger partial charge is 0.0827 e. The third-order valence-electron chi connectivity index (χ3n) is 0.507. The summed E-state index contributed by atoms with van der Waals surface area (Å²) in [4.78, 5) is 3.69. The van der Waals surface area contributed by atoms with Crippen molar-refractivity contribution < 1.29 is 0 Å². The molecule has 0 radical (unpaired) electrons. The molecule has 0 amide bonds. The molecule has 1 heterocycles. The molecule has 1 aliphatic rings. The molecule has 0 atom stereocenters. The highest BCUT2D eigenvalue weighted by atomic mass is 14.9. The van der Waals surface area contributed by atoms with Crippen molar-refractivity contribution in [3.63, 3.8) is 0 Å². The predicted molar refractivity (Wildman–Crippen MR) is 21.1 cm³/mol. The molecule has 2 heteroatoms. The zero-order chi connectivity index (χ0) is 3.70. The predicted octanol–water partition coefficient (Wildman–Crippen LogP) is 0.0906. The van der Waals surface area contributed by atoms with Gasteiger partial charge in [0.1, 0.15) is 0 Å². The van der Waals surface area contributed by atoms with Gasteiger partial charge in [-0.15, -0.1) is 0 Å². The summed E-state index contributed by atoms with van der Waals surface area (Å²) < 4.78 is 0. The maximum Gasteiger partial charge on any atom is 0.0827 e. The minimum atomic E-state index is 0.809. The van der Waals surface area contributed by atoms with Gasteiger partial charge in [0, 0.05) is 6.21 Å². The third kappa shape index (κ3) is 0.318. The fraction of sp³-hybridized carbons (Fsp3) is 0.333. The summed E-state index contributed by atoms with van der Waals surface area (Å²) in [5, 5.41) is 6.46. The van der Waals surface area contributed by atoms with Crippen molar-refractivity contribution in [3.8, 4) is 0 Å². The summed E-state index contributed by atoms with van der Waals surface area (Å²) in [5.74, 6) is 0. The van der Waals surface area contributed by atoms with E-state index in [-0.39, 0.29) is 0 Å².